The maximum atomic E-state index is 11.4. The highest BCUT2D eigenvalue weighted by atomic mass is 32.2. The molecule has 1 fully saturated rings. The zero-order valence-corrected chi connectivity index (χ0v) is 15.9. The van der Waals surface area contributed by atoms with E-state index in [0.717, 1.165) is 53.6 Å². The van der Waals surface area contributed by atoms with Gasteiger partial charge in [0.2, 0.25) is 10.0 Å². The van der Waals surface area contributed by atoms with E-state index >= 15 is 0 Å². The summed E-state index contributed by atoms with van der Waals surface area (Å²) in [5.74, 6) is 0.957. The molecular weight excluding hydrogens is 380 g/mol. The first-order chi connectivity index (χ1) is 11.9. The van der Waals surface area contributed by atoms with E-state index in [1.807, 2.05) is 0 Å². The summed E-state index contributed by atoms with van der Waals surface area (Å²) >= 11 is 2.78. The van der Waals surface area contributed by atoms with Gasteiger partial charge in [-0.3, -0.25) is 0 Å². The summed E-state index contributed by atoms with van der Waals surface area (Å²) in [5.41, 5.74) is 0. The Morgan fingerprint density at radius 2 is 1.80 bits per heavy atom. The number of thiophene rings is 1. The summed E-state index contributed by atoms with van der Waals surface area (Å²) in [4.78, 5) is 19.5. The average Bonchev–Trinajstić information content (AvgIpc) is 3.20. The fourth-order valence-electron chi connectivity index (χ4n) is 2.85. The monoisotopic (exact) mass is 396 g/mol. The molecule has 8 nitrogen and oxygen atoms in total. The number of aromatic nitrogens is 3. The Kier molecular flexibility index (Phi) is 4.10. The van der Waals surface area contributed by atoms with E-state index in [-0.39, 0.29) is 4.21 Å². The lowest BCUT2D eigenvalue weighted by molar-refractivity contribution is 0.599. The molecule has 0 bridgehead atoms. The molecule has 132 valence electrons. The van der Waals surface area contributed by atoms with Crippen molar-refractivity contribution in [3.63, 3.8) is 0 Å². The molecule has 4 rings (SSSR count). The van der Waals surface area contributed by atoms with Gasteiger partial charge < -0.3 is 9.80 Å². The number of nitrogens with zero attached hydrogens (tertiary/aromatic N) is 5. The first-order valence-corrected chi connectivity index (χ1v) is 10.8. The largest absolute Gasteiger partial charge is 0.352 e. The molecule has 1 saturated heterocycles. The number of thiazole rings is 1. The van der Waals surface area contributed by atoms with E-state index in [2.05, 4.69) is 37.7 Å². The summed E-state index contributed by atoms with van der Waals surface area (Å²) in [6.07, 6.45) is 2.93. The van der Waals surface area contributed by atoms with Crippen molar-refractivity contribution in [2.24, 2.45) is 5.14 Å². The Bertz CT molecular complexity index is 1020. The summed E-state index contributed by atoms with van der Waals surface area (Å²) in [5, 5.41) is 6.93. The maximum absolute atomic E-state index is 11.4. The third-order valence-electron chi connectivity index (χ3n) is 4.03. The smallest absolute Gasteiger partial charge is 0.249 e. The molecule has 0 spiro atoms. The normalized spacial score (nSPS) is 15.9. The lowest BCUT2D eigenvalue weighted by Gasteiger charge is -2.35. The minimum Gasteiger partial charge on any atom is -0.352 e. The quantitative estimate of drug-likeness (QED) is 0.714. The Labute approximate surface area is 153 Å². The number of hydrogen-bond donors (Lipinski definition) is 1. The summed E-state index contributed by atoms with van der Waals surface area (Å²) in [7, 11) is -3.69. The minimum absolute atomic E-state index is 0.0937. The second-order valence-corrected chi connectivity index (χ2v) is 9.79. The SMILES string of the molecule is Cc1cc2c(N3CCN(c4ncc(S(N)(=O)=O)s4)CC3)ncnc2s1. The summed E-state index contributed by atoms with van der Waals surface area (Å²) in [6.45, 7) is 5.12. The van der Waals surface area contributed by atoms with Crippen molar-refractivity contribution in [1.29, 1.82) is 0 Å². The second kappa shape index (κ2) is 6.16. The minimum atomic E-state index is -3.69. The maximum Gasteiger partial charge on any atom is 0.249 e. The van der Waals surface area contributed by atoms with Crippen LogP contribution in [-0.4, -0.2) is 49.5 Å². The molecule has 0 aromatic carbocycles. The van der Waals surface area contributed by atoms with Gasteiger partial charge in [0.15, 0.2) is 9.34 Å². The van der Waals surface area contributed by atoms with Crippen molar-refractivity contribution in [2.45, 2.75) is 11.1 Å². The lowest BCUT2D eigenvalue weighted by atomic mass is 10.2. The molecule has 0 atom stereocenters. The summed E-state index contributed by atoms with van der Waals surface area (Å²) < 4.78 is 22.9. The first kappa shape index (κ1) is 16.6. The molecule has 1 aliphatic heterocycles. The van der Waals surface area contributed by atoms with E-state index in [0.29, 0.717) is 5.13 Å². The predicted molar refractivity (Wildman–Crippen MR) is 100 cm³/mol. The molecule has 1 aliphatic rings. The molecule has 0 radical (unpaired) electrons. The van der Waals surface area contributed by atoms with Crippen molar-refractivity contribution >= 4 is 53.9 Å². The number of hydrogen-bond acceptors (Lipinski definition) is 9. The van der Waals surface area contributed by atoms with Crippen molar-refractivity contribution < 1.29 is 8.42 Å². The highest BCUT2D eigenvalue weighted by Gasteiger charge is 2.23. The Balaban J connectivity index is 1.52. The van der Waals surface area contributed by atoms with Gasteiger partial charge in [0, 0.05) is 31.1 Å². The van der Waals surface area contributed by atoms with Crippen LogP contribution in [0.5, 0.6) is 0 Å². The van der Waals surface area contributed by atoms with Gasteiger partial charge in [-0.15, -0.1) is 11.3 Å². The molecule has 3 aromatic heterocycles. The van der Waals surface area contributed by atoms with Crippen LogP contribution in [-0.2, 0) is 10.0 Å². The van der Waals surface area contributed by atoms with Crippen LogP contribution >= 0.6 is 22.7 Å². The number of primary sulfonamides is 1. The molecule has 0 amide bonds. The first-order valence-electron chi connectivity index (χ1n) is 7.61. The van der Waals surface area contributed by atoms with Crippen LogP contribution < -0.4 is 14.9 Å². The topological polar surface area (TPSA) is 105 Å². The fourth-order valence-corrected chi connectivity index (χ4v) is 5.29. The molecule has 3 aromatic rings. The van der Waals surface area contributed by atoms with Crippen LogP contribution in [0, 0.1) is 6.92 Å². The van der Waals surface area contributed by atoms with Crippen molar-refractivity contribution in [3.8, 4) is 0 Å². The Hall–Kier alpha value is -1.82. The number of nitrogens with two attached hydrogens (primary N) is 1. The van der Waals surface area contributed by atoms with Gasteiger partial charge in [-0.05, 0) is 13.0 Å². The number of anilines is 2. The van der Waals surface area contributed by atoms with Crippen LogP contribution in [0.3, 0.4) is 0 Å². The lowest BCUT2D eigenvalue weighted by Crippen LogP contribution is -2.46. The predicted octanol–water partition coefficient (Wildman–Crippen LogP) is 1.43. The molecule has 0 unspecified atom stereocenters. The zero-order valence-electron chi connectivity index (χ0n) is 13.4. The Morgan fingerprint density at radius 3 is 2.48 bits per heavy atom. The van der Waals surface area contributed by atoms with Gasteiger partial charge in [-0.25, -0.2) is 28.5 Å². The van der Waals surface area contributed by atoms with Crippen LogP contribution in [0.25, 0.3) is 10.2 Å². The fraction of sp³-hybridized carbons (Fsp3) is 0.357. The molecular formula is C14H16N6O2S3. The van der Waals surface area contributed by atoms with E-state index in [4.69, 9.17) is 5.14 Å². The second-order valence-electron chi connectivity index (χ2n) is 5.75. The highest BCUT2D eigenvalue weighted by molar-refractivity contribution is 7.91. The van der Waals surface area contributed by atoms with Crippen LogP contribution in [0.4, 0.5) is 10.9 Å². The van der Waals surface area contributed by atoms with Gasteiger partial charge in [0.05, 0.1) is 11.6 Å². The van der Waals surface area contributed by atoms with Gasteiger partial charge in [0.25, 0.3) is 0 Å². The third kappa shape index (κ3) is 3.19. The van der Waals surface area contributed by atoms with Crippen molar-refractivity contribution in [3.05, 3.63) is 23.5 Å². The Morgan fingerprint density at radius 1 is 1.08 bits per heavy atom. The third-order valence-corrected chi connectivity index (χ3v) is 7.46. The van der Waals surface area contributed by atoms with Gasteiger partial charge in [0.1, 0.15) is 17.0 Å². The molecule has 25 heavy (non-hydrogen) atoms. The number of aryl methyl sites for hydroxylation is 1. The van der Waals surface area contributed by atoms with Crippen LogP contribution in [0.2, 0.25) is 0 Å². The summed E-state index contributed by atoms with van der Waals surface area (Å²) in [6, 6.07) is 2.13. The highest BCUT2D eigenvalue weighted by Crippen LogP contribution is 2.31. The van der Waals surface area contributed by atoms with Crippen LogP contribution in [0.1, 0.15) is 4.88 Å². The van der Waals surface area contributed by atoms with E-state index in [1.165, 1.54) is 11.1 Å². The molecule has 11 heteroatoms. The number of rotatable bonds is 3. The van der Waals surface area contributed by atoms with E-state index in [1.54, 1.807) is 17.7 Å². The van der Waals surface area contributed by atoms with Crippen molar-refractivity contribution in [2.75, 3.05) is 36.0 Å². The van der Waals surface area contributed by atoms with E-state index in [9.17, 15) is 8.42 Å². The standard InChI is InChI=1S/C14H16N6O2S3/c1-9-6-10-12(17-8-18-13(10)23-9)19-2-4-20(5-3-19)14-16-7-11(24-14)25(15,21)22/h6-8H,2-5H2,1H3,(H2,15,21,22). The zero-order chi connectivity index (χ0) is 17.6. The van der Waals surface area contributed by atoms with Gasteiger partial charge in [-0.2, -0.15) is 0 Å². The molecule has 0 aliphatic carbocycles. The number of sulfonamides is 1. The van der Waals surface area contributed by atoms with Gasteiger partial charge >= 0.3 is 0 Å². The van der Waals surface area contributed by atoms with Crippen molar-refractivity contribution in [1.82, 2.24) is 15.0 Å². The molecule has 4 heterocycles. The van der Waals surface area contributed by atoms with Crippen LogP contribution in [0.15, 0.2) is 22.8 Å². The van der Waals surface area contributed by atoms with E-state index < -0.39 is 10.0 Å². The van der Waals surface area contributed by atoms with Gasteiger partial charge in [-0.1, -0.05) is 11.3 Å². The molecule has 2 N–H and O–H groups in total. The molecule has 0 saturated carbocycles. The number of fused-ring (bicyclic) bond motifs is 1. The number of piperazine rings is 1. The average molecular weight is 397 g/mol.